The van der Waals surface area contributed by atoms with Crippen molar-refractivity contribution in [3.8, 4) is 0 Å². The molecule has 3 heterocycles. The number of fused-ring (bicyclic) bond motifs is 1. The van der Waals surface area contributed by atoms with Gasteiger partial charge in [0.15, 0.2) is 5.65 Å². The Labute approximate surface area is 180 Å². The van der Waals surface area contributed by atoms with Gasteiger partial charge < -0.3 is 10.6 Å². The van der Waals surface area contributed by atoms with Gasteiger partial charge in [-0.15, -0.1) is 0 Å². The van der Waals surface area contributed by atoms with E-state index < -0.39 is 11.7 Å². The van der Waals surface area contributed by atoms with Gasteiger partial charge in [0.2, 0.25) is 17.8 Å². The summed E-state index contributed by atoms with van der Waals surface area (Å²) in [4.78, 5) is 32.4. The van der Waals surface area contributed by atoms with Crippen molar-refractivity contribution in [3.63, 3.8) is 0 Å². The van der Waals surface area contributed by atoms with Crippen LogP contribution in [0.15, 0.2) is 30.0 Å². The van der Waals surface area contributed by atoms with E-state index in [1.54, 1.807) is 22.9 Å². The number of carbonyl (C=O) groups excluding carboxylic acids is 2. The van der Waals surface area contributed by atoms with Crippen molar-refractivity contribution >= 4 is 47.0 Å². The van der Waals surface area contributed by atoms with Gasteiger partial charge in [-0.1, -0.05) is 17.7 Å². The molecule has 0 unspecified atom stereocenters. The Hall–Kier alpha value is -3.53. The van der Waals surface area contributed by atoms with Crippen molar-refractivity contribution in [3.05, 3.63) is 51.9 Å². The minimum absolute atomic E-state index is 0.00529. The number of hydrogen-bond acceptors (Lipinski definition) is 7. The molecule has 1 saturated heterocycles. The van der Waals surface area contributed by atoms with E-state index in [-0.39, 0.29) is 24.8 Å². The fraction of sp³-hybridized carbons (Fsp3) is 0.250. The smallest absolute Gasteiger partial charge is 0.254 e. The lowest BCUT2D eigenvalue weighted by atomic mass is 10.1. The lowest BCUT2D eigenvalue weighted by Gasteiger charge is -2.11. The van der Waals surface area contributed by atoms with Gasteiger partial charge in [-0.05, 0) is 31.1 Å². The van der Waals surface area contributed by atoms with Crippen LogP contribution in [0, 0.1) is 5.82 Å². The molecule has 5 rings (SSSR count). The molecule has 1 aliphatic heterocycles. The van der Waals surface area contributed by atoms with Crippen LogP contribution in [0.5, 0.6) is 0 Å². The standard InChI is InChI=1S/C20H17ClFN7O2/c21-14-2-1-3-15(22)13(14)9-23-19-27-17-11(6-10-7-16(30)26-18(10)31)8-24-29(17)20(28-19)25-12-4-5-12/h1-3,6,8,12H,4-5,7,9H2,(H,26,30,31)(H2,23,25,27,28)/b10-6+. The summed E-state index contributed by atoms with van der Waals surface area (Å²) in [6.07, 6.45) is 5.21. The molecule has 2 fully saturated rings. The molecule has 9 nitrogen and oxygen atoms in total. The van der Waals surface area contributed by atoms with Crippen LogP contribution >= 0.6 is 11.6 Å². The summed E-state index contributed by atoms with van der Waals surface area (Å²) in [6.45, 7) is 0.0893. The highest BCUT2D eigenvalue weighted by atomic mass is 35.5. The average molecular weight is 442 g/mol. The number of carbonyl (C=O) groups is 2. The van der Waals surface area contributed by atoms with Crippen molar-refractivity contribution in [2.75, 3.05) is 10.6 Å². The number of hydrogen-bond donors (Lipinski definition) is 3. The van der Waals surface area contributed by atoms with Crippen molar-refractivity contribution in [2.24, 2.45) is 0 Å². The first kappa shape index (κ1) is 19.4. The molecule has 0 atom stereocenters. The molecule has 158 valence electrons. The van der Waals surface area contributed by atoms with Gasteiger partial charge in [0.05, 0.1) is 12.6 Å². The third kappa shape index (κ3) is 3.93. The molecule has 11 heteroatoms. The zero-order valence-electron chi connectivity index (χ0n) is 16.2. The van der Waals surface area contributed by atoms with Crippen LogP contribution in [0.4, 0.5) is 16.3 Å². The first-order valence-corrected chi connectivity index (χ1v) is 10.1. The topological polar surface area (TPSA) is 113 Å². The maximum absolute atomic E-state index is 14.1. The van der Waals surface area contributed by atoms with Crippen molar-refractivity contribution in [1.29, 1.82) is 0 Å². The average Bonchev–Trinajstić information content (AvgIpc) is 3.36. The second-order valence-electron chi connectivity index (χ2n) is 7.40. The Bertz CT molecular complexity index is 1230. The molecule has 1 saturated carbocycles. The van der Waals surface area contributed by atoms with Gasteiger partial charge in [0, 0.05) is 34.3 Å². The largest absolute Gasteiger partial charge is 0.351 e. The van der Waals surface area contributed by atoms with Crippen LogP contribution in [0.25, 0.3) is 11.7 Å². The van der Waals surface area contributed by atoms with E-state index in [1.165, 1.54) is 12.1 Å². The quantitative estimate of drug-likeness (QED) is 0.398. The van der Waals surface area contributed by atoms with Crippen LogP contribution in [0.3, 0.4) is 0 Å². The normalized spacial score (nSPS) is 17.4. The molecule has 0 radical (unpaired) electrons. The number of nitrogens with one attached hydrogen (secondary N) is 3. The second-order valence-corrected chi connectivity index (χ2v) is 7.81. The predicted octanol–water partition coefficient (Wildman–Crippen LogP) is 2.53. The number of benzene rings is 1. The highest BCUT2D eigenvalue weighted by Gasteiger charge is 2.26. The Balaban J connectivity index is 1.51. The SMILES string of the molecule is O=C1C/C(=C\c2cnn3c(NC4CC4)nc(NCc4c(F)cccc4Cl)nc23)C(=O)N1. The van der Waals surface area contributed by atoms with Crippen LogP contribution < -0.4 is 16.0 Å². The number of amides is 2. The van der Waals surface area contributed by atoms with Gasteiger partial charge in [0.1, 0.15) is 5.82 Å². The van der Waals surface area contributed by atoms with Gasteiger partial charge in [-0.3, -0.25) is 14.9 Å². The van der Waals surface area contributed by atoms with E-state index in [1.807, 2.05) is 0 Å². The fourth-order valence-corrected chi connectivity index (χ4v) is 3.49. The number of anilines is 2. The van der Waals surface area contributed by atoms with E-state index in [0.29, 0.717) is 39.4 Å². The van der Waals surface area contributed by atoms with Gasteiger partial charge in [0.25, 0.3) is 5.91 Å². The van der Waals surface area contributed by atoms with Gasteiger partial charge in [-0.25, -0.2) is 4.39 Å². The summed E-state index contributed by atoms with van der Waals surface area (Å²) >= 11 is 6.11. The minimum atomic E-state index is -0.428. The number of rotatable bonds is 6. The van der Waals surface area contributed by atoms with Crippen LogP contribution in [0.2, 0.25) is 5.02 Å². The second kappa shape index (κ2) is 7.62. The molecule has 3 N–H and O–H groups in total. The lowest BCUT2D eigenvalue weighted by Crippen LogP contribution is -2.19. The van der Waals surface area contributed by atoms with E-state index in [4.69, 9.17) is 11.6 Å². The Morgan fingerprint density at radius 2 is 2.13 bits per heavy atom. The molecule has 0 spiro atoms. The summed E-state index contributed by atoms with van der Waals surface area (Å²) in [7, 11) is 0. The van der Waals surface area contributed by atoms with Crippen molar-refractivity contribution < 1.29 is 14.0 Å². The zero-order chi connectivity index (χ0) is 21.5. The molecule has 2 aromatic heterocycles. The van der Waals surface area contributed by atoms with E-state index in [2.05, 4.69) is 31.0 Å². The van der Waals surface area contributed by atoms with Crippen LogP contribution in [-0.4, -0.2) is 37.4 Å². The molecule has 31 heavy (non-hydrogen) atoms. The highest BCUT2D eigenvalue weighted by molar-refractivity contribution is 6.31. The van der Waals surface area contributed by atoms with Crippen molar-refractivity contribution in [2.45, 2.75) is 31.8 Å². The molecule has 2 aliphatic rings. The molecular weight excluding hydrogens is 425 g/mol. The summed E-state index contributed by atoms with van der Waals surface area (Å²) in [5, 5.41) is 13.2. The van der Waals surface area contributed by atoms with Crippen LogP contribution in [0.1, 0.15) is 30.4 Å². The van der Waals surface area contributed by atoms with E-state index in [0.717, 1.165) is 12.8 Å². The fourth-order valence-electron chi connectivity index (χ4n) is 3.26. The number of nitrogens with zero attached hydrogens (tertiary/aromatic N) is 4. The summed E-state index contributed by atoms with van der Waals surface area (Å²) in [5.41, 5.74) is 1.65. The summed E-state index contributed by atoms with van der Waals surface area (Å²) < 4.78 is 15.7. The lowest BCUT2D eigenvalue weighted by molar-refractivity contribution is -0.124. The summed E-state index contributed by atoms with van der Waals surface area (Å²) in [5.74, 6) is -0.470. The zero-order valence-corrected chi connectivity index (χ0v) is 16.9. The van der Waals surface area contributed by atoms with Crippen molar-refractivity contribution in [1.82, 2.24) is 24.9 Å². The van der Waals surface area contributed by atoms with Gasteiger partial charge in [-0.2, -0.15) is 19.6 Å². The third-order valence-electron chi connectivity index (χ3n) is 5.02. The molecular formula is C20H17ClFN7O2. The monoisotopic (exact) mass is 441 g/mol. The van der Waals surface area contributed by atoms with E-state index in [9.17, 15) is 14.0 Å². The van der Waals surface area contributed by atoms with Gasteiger partial charge >= 0.3 is 0 Å². The minimum Gasteiger partial charge on any atom is -0.351 e. The molecule has 2 amide bonds. The van der Waals surface area contributed by atoms with E-state index >= 15 is 0 Å². The van der Waals surface area contributed by atoms with Crippen LogP contribution in [-0.2, 0) is 16.1 Å². The maximum Gasteiger partial charge on any atom is 0.254 e. The summed E-state index contributed by atoms with van der Waals surface area (Å²) in [6, 6.07) is 4.79. The molecule has 3 aromatic rings. The first-order chi connectivity index (χ1) is 15.0. The predicted molar refractivity (Wildman–Crippen MR) is 112 cm³/mol. The molecule has 0 bridgehead atoms. The first-order valence-electron chi connectivity index (χ1n) is 9.72. The third-order valence-corrected chi connectivity index (χ3v) is 5.37. The number of halogens is 2. The Morgan fingerprint density at radius 3 is 2.84 bits per heavy atom. The maximum atomic E-state index is 14.1. The Kier molecular flexibility index (Phi) is 4.78. The molecule has 1 aliphatic carbocycles. The number of imide groups is 1. The molecule has 1 aromatic carbocycles. The number of aromatic nitrogens is 4. The highest BCUT2D eigenvalue weighted by Crippen LogP contribution is 2.27. The Morgan fingerprint density at radius 1 is 1.29 bits per heavy atom.